The lowest BCUT2D eigenvalue weighted by Gasteiger charge is -2.34. The van der Waals surface area contributed by atoms with Crippen LogP contribution in [0.2, 0.25) is 0 Å². The topological polar surface area (TPSA) is 63.2 Å². The van der Waals surface area contributed by atoms with Gasteiger partial charge in [0.05, 0.1) is 5.70 Å². The zero-order chi connectivity index (χ0) is 15.3. The lowest BCUT2D eigenvalue weighted by Crippen LogP contribution is -2.41. The van der Waals surface area contributed by atoms with Gasteiger partial charge in [0.2, 0.25) is 17.5 Å². The second kappa shape index (κ2) is 4.90. The molecule has 0 aromatic heterocycles. The minimum atomic E-state index is -0.437. The highest BCUT2D eigenvalue weighted by atomic mass is 16.2. The standard InChI is InChI=1S/C18H17NO3/c20-14-9-13(10-5-1-2-6-10)15-16(19-14)11-7-3-4-8-12(11)17(21)18(15)22/h3-4,7-8,10,13H,1-2,5-6,9H2,(H,19,20). The summed E-state index contributed by atoms with van der Waals surface area (Å²) in [5.74, 6) is -0.666. The number of ketones is 2. The Morgan fingerprint density at radius 2 is 1.59 bits per heavy atom. The number of allylic oxidation sites excluding steroid dienone is 1. The summed E-state index contributed by atoms with van der Waals surface area (Å²) < 4.78 is 0. The van der Waals surface area contributed by atoms with Crippen LogP contribution in [-0.4, -0.2) is 17.5 Å². The summed E-state index contributed by atoms with van der Waals surface area (Å²) in [6, 6.07) is 7.05. The van der Waals surface area contributed by atoms with Gasteiger partial charge >= 0.3 is 0 Å². The molecule has 1 aliphatic heterocycles. The fourth-order valence-corrected chi connectivity index (χ4v) is 4.15. The third-order valence-corrected chi connectivity index (χ3v) is 5.17. The van der Waals surface area contributed by atoms with E-state index in [1.54, 1.807) is 12.1 Å². The average molecular weight is 295 g/mol. The van der Waals surface area contributed by atoms with Gasteiger partial charge in [-0.25, -0.2) is 0 Å². The fraction of sp³-hybridized carbons (Fsp3) is 0.389. The van der Waals surface area contributed by atoms with Gasteiger partial charge in [-0.2, -0.15) is 0 Å². The van der Waals surface area contributed by atoms with Crippen molar-refractivity contribution in [1.29, 1.82) is 0 Å². The Hall–Kier alpha value is -2.23. The first-order valence-electron chi connectivity index (χ1n) is 7.89. The Kier molecular flexibility index (Phi) is 2.99. The predicted molar refractivity (Wildman–Crippen MR) is 80.9 cm³/mol. The second-order valence-corrected chi connectivity index (χ2v) is 6.40. The van der Waals surface area contributed by atoms with E-state index in [-0.39, 0.29) is 11.8 Å². The van der Waals surface area contributed by atoms with Crippen LogP contribution in [0.4, 0.5) is 0 Å². The number of benzene rings is 1. The molecule has 0 radical (unpaired) electrons. The van der Waals surface area contributed by atoms with Gasteiger partial charge in [-0.05, 0) is 18.8 Å². The van der Waals surface area contributed by atoms with Crippen molar-refractivity contribution in [2.24, 2.45) is 11.8 Å². The molecule has 1 atom stereocenters. The van der Waals surface area contributed by atoms with E-state index in [9.17, 15) is 14.4 Å². The fourth-order valence-electron chi connectivity index (χ4n) is 4.15. The molecular formula is C18H17NO3. The van der Waals surface area contributed by atoms with Crippen LogP contribution in [-0.2, 0) is 9.59 Å². The first-order valence-corrected chi connectivity index (χ1v) is 7.89. The summed E-state index contributed by atoms with van der Waals surface area (Å²) in [5.41, 5.74) is 2.22. The van der Waals surface area contributed by atoms with Crippen molar-refractivity contribution in [2.45, 2.75) is 32.1 Å². The summed E-state index contributed by atoms with van der Waals surface area (Å²) in [6.45, 7) is 0. The van der Waals surface area contributed by atoms with Crippen molar-refractivity contribution >= 4 is 23.2 Å². The maximum Gasteiger partial charge on any atom is 0.233 e. The smallest absolute Gasteiger partial charge is 0.233 e. The van der Waals surface area contributed by atoms with Crippen molar-refractivity contribution in [2.75, 3.05) is 0 Å². The van der Waals surface area contributed by atoms with Gasteiger partial charge in [0, 0.05) is 29.0 Å². The minimum absolute atomic E-state index is 0.0485. The van der Waals surface area contributed by atoms with E-state index in [1.165, 1.54) is 0 Å². The Bertz CT molecular complexity index is 726. The summed E-state index contributed by atoms with van der Waals surface area (Å²) >= 11 is 0. The third kappa shape index (κ3) is 1.86. The molecule has 4 heteroatoms. The Labute approximate surface area is 128 Å². The van der Waals surface area contributed by atoms with Crippen LogP contribution in [0, 0.1) is 11.8 Å². The van der Waals surface area contributed by atoms with E-state index in [1.807, 2.05) is 12.1 Å². The molecule has 0 saturated heterocycles. The lowest BCUT2D eigenvalue weighted by atomic mass is 9.72. The SMILES string of the molecule is O=C1CC(C2CCCC2)C2=C(N1)c1ccccc1C(=O)C2=O. The van der Waals surface area contributed by atoms with E-state index >= 15 is 0 Å². The number of nitrogens with one attached hydrogen (secondary N) is 1. The molecule has 3 aliphatic rings. The number of fused-ring (bicyclic) bond motifs is 2. The molecule has 1 aromatic rings. The van der Waals surface area contributed by atoms with E-state index in [0.717, 1.165) is 25.7 Å². The summed E-state index contributed by atoms with van der Waals surface area (Å²) in [4.78, 5) is 37.2. The number of amides is 1. The molecule has 1 N–H and O–H groups in total. The molecule has 22 heavy (non-hydrogen) atoms. The van der Waals surface area contributed by atoms with E-state index in [0.29, 0.717) is 34.7 Å². The summed E-state index contributed by atoms with van der Waals surface area (Å²) in [5, 5.41) is 2.85. The van der Waals surface area contributed by atoms with Gasteiger partial charge in [-0.1, -0.05) is 37.1 Å². The molecule has 2 aliphatic carbocycles. The Balaban J connectivity index is 1.90. The van der Waals surface area contributed by atoms with E-state index in [2.05, 4.69) is 5.32 Å². The normalized spacial score (nSPS) is 25.1. The number of hydrogen-bond donors (Lipinski definition) is 1. The van der Waals surface area contributed by atoms with Crippen LogP contribution < -0.4 is 5.32 Å². The predicted octanol–water partition coefficient (Wildman–Crippen LogP) is 2.49. The molecule has 1 fully saturated rings. The highest BCUT2D eigenvalue weighted by Crippen LogP contribution is 2.43. The number of carbonyl (C=O) groups excluding carboxylic acids is 3. The zero-order valence-corrected chi connectivity index (χ0v) is 12.2. The monoisotopic (exact) mass is 295 g/mol. The van der Waals surface area contributed by atoms with Crippen molar-refractivity contribution in [3.05, 3.63) is 41.0 Å². The Morgan fingerprint density at radius 3 is 2.32 bits per heavy atom. The van der Waals surface area contributed by atoms with Gasteiger partial charge in [0.25, 0.3) is 0 Å². The summed E-state index contributed by atoms with van der Waals surface area (Å²) in [7, 11) is 0. The van der Waals surface area contributed by atoms with Crippen LogP contribution in [0.1, 0.15) is 48.0 Å². The van der Waals surface area contributed by atoms with Crippen LogP contribution in [0.25, 0.3) is 5.70 Å². The number of rotatable bonds is 1. The molecule has 1 heterocycles. The first kappa shape index (κ1) is 13.4. The number of hydrogen-bond acceptors (Lipinski definition) is 3. The average Bonchev–Trinajstić information content (AvgIpc) is 3.06. The molecule has 1 unspecified atom stereocenters. The molecule has 1 saturated carbocycles. The molecule has 4 rings (SSSR count). The quantitative estimate of drug-likeness (QED) is 0.810. The van der Waals surface area contributed by atoms with Gasteiger partial charge in [-0.15, -0.1) is 0 Å². The number of Topliss-reactive ketones (excluding diaryl/α,β-unsaturated/α-hetero) is 2. The van der Waals surface area contributed by atoms with Gasteiger partial charge in [-0.3, -0.25) is 14.4 Å². The van der Waals surface area contributed by atoms with Gasteiger partial charge < -0.3 is 5.32 Å². The number of carbonyl (C=O) groups is 3. The minimum Gasteiger partial charge on any atom is -0.325 e. The molecule has 1 aromatic carbocycles. The lowest BCUT2D eigenvalue weighted by molar-refractivity contribution is -0.121. The van der Waals surface area contributed by atoms with Crippen molar-refractivity contribution in [1.82, 2.24) is 5.32 Å². The maximum atomic E-state index is 12.6. The highest BCUT2D eigenvalue weighted by Gasteiger charge is 2.43. The first-order chi connectivity index (χ1) is 10.7. The van der Waals surface area contributed by atoms with E-state index < -0.39 is 11.6 Å². The molecule has 4 nitrogen and oxygen atoms in total. The van der Waals surface area contributed by atoms with Crippen molar-refractivity contribution in [3.8, 4) is 0 Å². The molecule has 112 valence electrons. The van der Waals surface area contributed by atoms with Crippen LogP contribution in [0.15, 0.2) is 29.8 Å². The molecule has 1 amide bonds. The highest BCUT2D eigenvalue weighted by molar-refractivity contribution is 6.52. The molecule has 0 spiro atoms. The molecule has 0 bridgehead atoms. The van der Waals surface area contributed by atoms with Gasteiger partial charge in [0.1, 0.15) is 0 Å². The molecular weight excluding hydrogens is 278 g/mol. The maximum absolute atomic E-state index is 12.6. The van der Waals surface area contributed by atoms with Crippen LogP contribution in [0.3, 0.4) is 0 Å². The largest absolute Gasteiger partial charge is 0.325 e. The van der Waals surface area contributed by atoms with Crippen LogP contribution >= 0.6 is 0 Å². The van der Waals surface area contributed by atoms with Crippen molar-refractivity contribution in [3.63, 3.8) is 0 Å². The third-order valence-electron chi connectivity index (χ3n) is 5.17. The summed E-state index contributed by atoms with van der Waals surface area (Å²) in [6.07, 6.45) is 4.69. The van der Waals surface area contributed by atoms with Crippen molar-refractivity contribution < 1.29 is 14.4 Å². The van der Waals surface area contributed by atoms with E-state index in [4.69, 9.17) is 0 Å². The van der Waals surface area contributed by atoms with Crippen LogP contribution in [0.5, 0.6) is 0 Å². The van der Waals surface area contributed by atoms with Gasteiger partial charge in [0.15, 0.2) is 0 Å². The second-order valence-electron chi connectivity index (χ2n) is 6.40. The Morgan fingerprint density at radius 1 is 0.909 bits per heavy atom. The zero-order valence-electron chi connectivity index (χ0n) is 12.2.